The summed E-state index contributed by atoms with van der Waals surface area (Å²) in [5.41, 5.74) is 10.3. The highest BCUT2D eigenvalue weighted by Gasteiger charge is 2.08. The van der Waals surface area contributed by atoms with E-state index >= 15 is 0 Å². The van der Waals surface area contributed by atoms with E-state index < -0.39 is 0 Å². The Morgan fingerprint density at radius 1 is 1.06 bits per heavy atom. The average molecular weight is 227 g/mol. The van der Waals surface area contributed by atoms with Crippen LogP contribution in [0.4, 0.5) is 0 Å². The first kappa shape index (κ1) is 11.7. The first-order valence-corrected chi connectivity index (χ1v) is 5.69. The van der Waals surface area contributed by atoms with Crippen molar-refractivity contribution in [3.05, 3.63) is 53.6 Å². The van der Waals surface area contributed by atoms with Crippen molar-refractivity contribution in [3.63, 3.8) is 0 Å². The summed E-state index contributed by atoms with van der Waals surface area (Å²) < 4.78 is 5.44. The second-order valence-corrected chi connectivity index (χ2v) is 4.05. The van der Waals surface area contributed by atoms with Gasteiger partial charge in [-0.05, 0) is 29.7 Å². The summed E-state index contributed by atoms with van der Waals surface area (Å²) in [7, 11) is 1.69. The zero-order valence-corrected chi connectivity index (χ0v) is 10.2. The Labute approximate surface area is 102 Å². The quantitative estimate of drug-likeness (QED) is 0.874. The third-order valence-electron chi connectivity index (χ3n) is 2.94. The van der Waals surface area contributed by atoms with Crippen LogP contribution in [0.15, 0.2) is 42.5 Å². The Bertz CT molecular complexity index is 520. The van der Waals surface area contributed by atoms with Crippen molar-refractivity contribution in [2.24, 2.45) is 5.73 Å². The van der Waals surface area contributed by atoms with Gasteiger partial charge < -0.3 is 10.5 Å². The van der Waals surface area contributed by atoms with Gasteiger partial charge in [-0.2, -0.15) is 0 Å². The maximum Gasteiger partial charge on any atom is 0.127 e. The maximum atomic E-state index is 5.64. The predicted octanol–water partition coefficient (Wildman–Crippen LogP) is 3.13. The molecule has 0 atom stereocenters. The fraction of sp³-hybridized carbons (Fsp3) is 0.200. The molecule has 0 aromatic heterocycles. The van der Waals surface area contributed by atoms with Gasteiger partial charge in [-0.15, -0.1) is 0 Å². The van der Waals surface area contributed by atoms with E-state index in [0.717, 1.165) is 16.9 Å². The van der Waals surface area contributed by atoms with Crippen molar-refractivity contribution in [2.45, 2.75) is 13.5 Å². The van der Waals surface area contributed by atoms with Crippen LogP contribution >= 0.6 is 0 Å². The minimum Gasteiger partial charge on any atom is -0.496 e. The SMILES string of the molecule is COc1cc(CN)ccc1-c1ccccc1C. The summed E-state index contributed by atoms with van der Waals surface area (Å²) in [6, 6.07) is 14.4. The largest absolute Gasteiger partial charge is 0.496 e. The van der Waals surface area contributed by atoms with Crippen LogP contribution in [0.1, 0.15) is 11.1 Å². The Morgan fingerprint density at radius 3 is 2.47 bits per heavy atom. The van der Waals surface area contributed by atoms with Crippen molar-refractivity contribution in [3.8, 4) is 16.9 Å². The highest BCUT2D eigenvalue weighted by Crippen LogP contribution is 2.32. The van der Waals surface area contributed by atoms with Crippen LogP contribution < -0.4 is 10.5 Å². The fourth-order valence-corrected chi connectivity index (χ4v) is 1.96. The number of ether oxygens (including phenoxy) is 1. The summed E-state index contributed by atoms with van der Waals surface area (Å²) in [5, 5.41) is 0. The van der Waals surface area contributed by atoms with E-state index in [2.05, 4.69) is 25.1 Å². The minimum absolute atomic E-state index is 0.532. The van der Waals surface area contributed by atoms with Crippen molar-refractivity contribution >= 4 is 0 Å². The first-order chi connectivity index (χ1) is 8.26. The van der Waals surface area contributed by atoms with Crippen LogP contribution in [0.2, 0.25) is 0 Å². The number of rotatable bonds is 3. The van der Waals surface area contributed by atoms with E-state index in [0.29, 0.717) is 6.54 Å². The second-order valence-electron chi connectivity index (χ2n) is 4.05. The van der Waals surface area contributed by atoms with Crippen molar-refractivity contribution in [1.29, 1.82) is 0 Å². The van der Waals surface area contributed by atoms with E-state index in [9.17, 15) is 0 Å². The topological polar surface area (TPSA) is 35.2 Å². The molecule has 2 aromatic rings. The molecule has 0 amide bonds. The summed E-state index contributed by atoms with van der Waals surface area (Å²) in [5.74, 6) is 0.877. The van der Waals surface area contributed by atoms with Gasteiger partial charge in [0, 0.05) is 12.1 Å². The average Bonchev–Trinajstić information content (AvgIpc) is 2.38. The molecule has 0 saturated heterocycles. The molecule has 0 aliphatic rings. The van der Waals surface area contributed by atoms with Crippen LogP contribution in [0, 0.1) is 6.92 Å². The summed E-state index contributed by atoms with van der Waals surface area (Å²) in [6.45, 7) is 2.63. The van der Waals surface area contributed by atoms with Crippen LogP contribution in [0.5, 0.6) is 5.75 Å². The lowest BCUT2D eigenvalue weighted by Gasteiger charge is -2.12. The number of benzene rings is 2. The van der Waals surface area contributed by atoms with Crippen LogP contribution in [0.3, 0.4) is 0 Å². The molecule has 0 bridgehead atoms. The zero-order chi connectivity index (χ0) is 12.3. The summed E-state index contributed by atoms with van der Waals surface area (Å²) >= 11 is 0. The molecule has 0 heterocycles. The van der Waals surface area contributed by atoms with E-state index in [1.165, 1.54) is 11.1 Å². The number of aryl methyl sites for hydroxylation is 1. The van der Waals surface area contributed by atoms with Crippen LogP contribution in [-0.2, 0) is 6.54 Å². The number of hydrogen-bond acceptors (Lipinski definition) is 2. The summed E-state index contributed by atoms with van der Waals surface area (Å²) in [4.78, 5) is 0. The van der Waals surface area contributed by atoms with Gasteiger partial charge in [0.2, 0.25) is 0 Å². The molecule has 0 unspecified atom stereocenters. The molecule has 2 rings (SSSR count). The molecule has 2 heteroatoms. The normalized spacial score (nSPS) is 10.3. The third-order valence-corrected chi connectivity index (χ3v) is 2.94. The lowest BCUT2D eigenvalue weighted by atomic mass is 9.98. The molecule has 0 aliphatic heterocycles. The monoisotopic (exact) mass is 227 g/mol. The number of methoxy groups -OCH3 is 1. The fourth-order valence-electron chi connectivity index (χ4n) is 1.96. The maximum absolute atomic E-state index is 5.64. The van der Waals surface area contributed by atoms with Gasteiger partial charge in [-0.25, -0.2) is 0 Å². The molecule has 0 radical (unpaired) electrons. The number of nitrogens with two attached hydrogens (primary N) is 1. The van der Waals surface area contributed by atoms with E-state index in [1.54, 1.807) is 7.11 Å². The highest BCUT2D eigenvalue weighted by molar-refractivity contribution is 5.73. The molecule has 0 spiro atoms. The standard InChI is InChI=1S/C15H17NO/c1-11-5-3-4-6-13(11)14-8-7-12(10-16)9-15(14)17-2/h3-9H,10,16H2,1-2H3. The smallest absolute Gasteiger partial charge is 0.127 e. The molecule has 17 heavy (non-hydrogen) atoms. The first-order valence-electron chi connectivity index (χ1n) is 5.69. The Balaban J connectivity index is 2.56. The molecule has 0 fully saturated rings. The minimum atomic E-state index is 0.532. The molecule has 0 aliphatic carbocycles. The molecular formula is C15H17NO. The number of hydrogen-bond donors (Lipinski definition) is 1. The van der Waals surface area contributed by atoms with Crippen molar-refractivity contribution < 1.29 is 4.74 Å². The molecule has 2 N–H and O–H groups in total. The van der Waals surface area contributed by atoms with Gasteiger partial charge >= 0.3 is 0 Å². The molecule has 0 saturated carbocycles. The van der Waals surface area contributed by atoms with Crippen molar-refractivity contribution in [2.75, 3.05) is 7.11 Å². The molecule has 2 aromatic carbocycles. The molecular weight excluding hydrogens is 210 g/mol. The lowest BCUT2D eigenvalue weighted by Crippen LogP contribution is -1.98. The van der Waals surface area contributed by atoms with Gasteiger partial charge in [-0.1, -0.05) is 36.4 Å². The molecule has 2 nitrogen and oxygen atoms in total. The van der Waals surface area contributed by atoms with Crippen molar-refractivity contribution in [1.82, 2.24) is 0 Å². The molecule has 88 valence electrons. The van der Waals surface area contributed by atoms with Gasteiger partial charge in [0.25, 0.3) is 0 Å². The predicted molar refractivity (Wildman–Crippen MR) is 71.1 cm³/mol. The van der Waals surface area contributed by atoms with Crippen LogP contribution in [0.25, 0.3) is 11.1 Å². The zero-order valence-electron chi connectivity index (χ0n) is 10.2. The van der Waals surface area contributed by atoms with E-state index in [1.807, 2.05) is 24.3 Å². The lowest BCUT2D eigenvalue weighted by molar-refractivity contribution is 0.416. The highest BCUT2D eigenvalue weighted by atomic mass is 16.5. The Morgan fingerprint density at radius 2 is 1.82 bits per heavy atom. The van der Waals surface area contributed by atoms with E-state index in [-0.39, 0.29) is 0 Å². The van der Waals surface area contributed by atoms with Gasteiger partial charge in [0.15, 0.2) is 0 Å². The van der Waals surface area contributed by atoms with Gasteiger partial charge in [0.05, 0.1) is 7.11 Å². The Kier molecular flexibility index (Phi) is 3.45. The third kappa shape index (κ3) is 2.32. The Hall–Kier alpha value is -1.80. The van der Waals surface area contributed by atoms with Gasteiger partial charge in [-0.3, -0.25) is 0 Å². The van der Waals surface area contributed by atoms with E-state index in [4.69, 9.17) is 10.5 Å². The van der Waals surface area contributed by atoms with Crippen LogP contribution in [-0.4, -0.2) is 7.11 Å². The van der Waals surface area contributed by atoms with Gasteiger partial charge in [0.1, 0.15) is 5.75 Å². The summed E-state index contributed by atoms with van der Waals surface area (Å²) in [6.07, 6.45) is 0. The second kappa shape index (κ2) is 5.02.